The first kappa shape index (κ1) is 20.3. The van der Waals surface area contributed by atoms with Gasteiger partial charge in [0.2, 0.25) is 0 Å². The number of carbonyl (C=O) groups is 5. The lowest BCUT2D eigenvalue weighted by atomic mass is 9.82. The van der Waals surface area contributed by atoms with Gasteiger partial charge in [0.25, 0.3) is 11.8 Å². The Morgan fingerprint density at radius 3 is 2.00 bits per heavy atom. The maximum Gasteiger partial charge on any atom is 0.488 e. The summed E-state index contributed by atoms with van der Waals surface area (Å²) in [5.74, 6) is -5.07. The molecule has 3 rings (SSSR count). The molecule has 2 fully saturated rings. The number of hydroxylamine groups is 2. The number of amides is 4. The van der Waals surface area contributed by atoms with Gasteiger partial charge in [-0.15, -0.1) is 8.42 Å². The summed E-state index contributed by atoms with van der Waals surface area (Å²) in [6.07, 6.45) is 2.92. The zero-order valence-corrected chi connectivity index (χ0v) is 15.6. The Kier molecular flexibility index (Phi) is 5.21. The predicted octanol–water partition coefficient (Wildman–Crippen LogP) is -0.357. The Balaban J connectivity index is 1.62. The van der Waals surface area contributed by atoms with E-state index < -0.39 is 62.7 Å². The quantitative estimate of drug-likeness (QED) is 0.360. The lowest BCUT2D eigenvalue weighted by molar-refractivity contribution is -0.854. The fourth-order valence-corrected chi connectivity index (χ4v) is 4.57. The van der Waals surface area contributed by atoms with E-state index in [0.29, 0.717) is 12.8 Å². The van der Waals surface area contributed by atoms with E-state index in [2.05, 4.69) is 0 Å². The number of hydrogen-bond acceptors (Lipinski definition) is 8. The first-order valence-corrected chi connectivity index (χ1v) is 10.2. The van der Waals surface area contributed by atoms with Crippen LogP contribution in [0.5, 0.6) is 0 Å². The van der Waals surface area contributed by atoms with Crippen molar-refractivity contribution in [3.8, 4) is 0 Å². The highest BCUT2D eigenvalue weighted by atomic mass is 32.2. The van der Waals surface area contributed by atoms with Gasteiger partial charge in [-0.3, -0.25) is 14.5 Å². The number of carbonyl (C=O) groups excluding carboxylic acids is 5. The molecule has 0 radical (unpaired) electrons. The topological polar surface area (TPSA) is 152 Å². The van der Waals surface area contributed by atoms with Gasteiger partial charge < -0.3 is 0 Å². The van der Waals surface area contributed by atoms with Gasteiger partial charge in [-0.1, -0.05) is 0 Å². The largest absolute Gasteiger partial charge is 0.488 e. The Bertz CT molecular complexity index is 850. The van der Waals surface area contributed by atoms with Crippen LogP contribution in [0.1, 0.15) is 38.5 Å². The summed E-state index contributed by atoms with van der Waals surface area (Å²) in [7, 11) is -5.33. The van der Waals surface area contributed by atoms with Gasteiger partial charge in [0.1, 0.15) is 4.05 Å². The monoisotopic (exact) mass is 415 g/mol. The van der Waals surface area contributed by atoms with Crippen LogP contribution in [0.4, 0.5) is 0 Å². The molecular formula is C16H19N2O9S+. The summed E-state index contributed by atoms with van der Waals surface area (Å²) in [5, 5.41) is 0. The molecular weight excluding hydrogens is 396 g/mol. The highest BCUT2D eigenvalue weighted by Crippen LogP contribution is 2.34. The van der Waals surface area contributed by atoms with Gasteiger partial charge >= 0.3 is 28.1 Å². The van der Waals surface area contributed by atoms with Crippen LogP contribution in [-0.4, -0.2) is 58.1 Å². The molecule has 2 aliphatic heterocycles. The molecule has 152 valence electrons. The Labute approximate surface area is 160 Å². The van der Waals surface area contributed by atoms with E-state index in [0.717, 1.165) is 4.90 Å². The molecule has 3 aliphatic rings. The van der Waals surface area contributed by atoms with Crippen LogP contribution >= 0.6 is 0 Å². The maximum atomic E-state index is 12.4. The molecule has 12 heteroatoms. The van der Waals surface area contributed by atoms with Gasteiger partial charge in [0.15, 0.2) is 0 Å². The Morgan fingerprint density at radius 2 is 1.54 bits per heavy atom. The maximum absolute atomic E-state index is 12.4. The third kappa shape index (κ3) is 3.38. The summed E-state index contributed by atoms with van der Waals surface area (Å²) < 4.78 is 30.3. The first-order chi connectivity index (χ1) is 13.1. The molecule has 0 aromatic rings. The molecule has 0 unspecified atom stereocenters. The molecule has 1 aliphatic carbocycles. The van der Waals surface area contributed by atoms with Crippen LogP contribution < -0.4 is 0 Å². The second-order valence-corrected chi connectivity index (χ2v) is 8.45. The van der Waals surface area contributed by atoms with Crippen LogP contribution in [0.15, 0.2) is 12.2 Å². The SMILES string of the molecule is O=C1C=CC(=O)N1C[C@H]1CC[C@H](C(=O)O[N+]2(S(=O)(=O)O)C(=O)CCC2=O)CC1. The van der Waals surface area contributed by atoms with Crippen molar-refractivity contribution in [3.63, 3.8) is 0 Å². The van der Waals surface area contributed by atoms with E-state index in [9.17, 15) is 36.9 Å². The molecule has 1 N–H and O–H groups in total. The summed E-state index contributed by atoms with van der Waals surface area (Å²) >= 11 is 0. The van der Waals surface area contributed by atoms with Crippen molar-refractivity contribution in [1.82, 2.24) is 4.90 Å². The smallest absolute Gasteiger partial charge is 0.275 e. The van der Waals surface area contributed by atoms with E-state index in [4.69, 9.17) is 4.84 Å². The van der Waals surface area contributed by atoms with Gasteiger partial charge in [0.05, 0.1) is 18.8 Å². The molecule has 2 heterocycles. The molecule has 0 aromatic carbocycles. The lowest BCUT2D eigenvalue weighted by Crippen LogP contribution is -2.57. The van der Waals surface area contributed by atoms with E-state index in [1.54, 1.807) is 0 Å². The highest BCUT2D eigenvalue weighted by molar-refractivity contribution is 7.80. The van der Waals surface area contributed by atoms with E-state index in [-0.39, 0.29) is 25.3 Å². The summed E-state index contributed by atoms with van der Waals surface area (Å²) in [4.78, 5) is 65.4. The predicted molar refractivity (Wildman–Crippen MR) is 88.5 cm³/mol. The molecule has 4 amide bonds. The first-order valence-electron chi connectivity index (χ1n) is 8.76. The van der Waals surface area contributed by atoms with E-state index in [1.807, 2.05) is 0 Å². The van der Waals surface area contributed by atoms with Crippen molar-refractivity contribution in [3.05, 3.63) is 12.2 Å². The average Bonchev–Trinajstić information content (AvgIpc) is 3.10. The summed E-state index contributed by atoms with van der Waals surface area (Å²) in [6.45, 7) is 0.217. The minimum atomic E-state index is -5.33. The molecule has 0 aromatic heterocycles. The van der Waals surface area contributed by atoms with Crippen LogP contribution in [0.2, 0.25) is 0 Å². The molecule has 11 nitrogen and oxygen atoms in total. The average molecular weight is 415 g/mol. The molecule has 0 atom stereocenters. The zero-order valence-electron chi connectivity index (χ0n) is 14.8. The minimum Gasteiger partial charge on any atom is -0.275 e. The zero-order chi connectivity index (χ0) is 20.7. The fraction of sp³-hybridized carbons (Fsp3) is 0.562. The second-order valence-electron chi connectivity index (χ2n) is 7.04. The van der Waals surface area contributed by atoms with Crippen molar-refractivity contribution in [2.24, 2.45) is 11.8 Å². The number of nitrogens with zero attached hydrogens (tertiary/aromatic N) is 2. The van der Waals surface area contributed by atoms with E-state index >= 15 is 0 Å². The van der Waals surface area contributed by atoms with Crippen molar-refractivity contribution < 1.29 is 45.8 Å². The van der Waals surface area contributed by atoms with Crippen molar-refractivity contribution in [2.75, 3.05) is 6.54 Å². The van der Waals surface area contributed by atoms with Crippen molar-refractivity contribution in [1.29, 1.82) is 0 Å². The van der Waals surface area contributed by atoms with Crippen molar-refractivity contribution in [2.45, 2.75) is 38.5 Å². The van der Waals surface area contributed by atoms with Crippen molar-refractivity contribution >= 4 is 39.9 Å². The number of rotatable bonds is 5. The minimum absolute atomic E-state index is 0.0309. The van der Waals surface area contributed by atoms with Crippen LogP contribution in [0.25, 0.3) is 0 Å². The van der Waals surface area contributed by atoms with E-state index in [1.165, 1.54) is 12.2 Å². The third-order valence-corrected chi connectivity index (χ3v) is 6.41. The highest BCUT2D eigenvalue weighted by Gasteiger charge is 2.65. The summed E-state index contributed by atoms with van der Waals surface area (Å²) in [5.41, 5.74) is 0. The van der Waals surface area contributed by atoms with Gasteiger partial charge in [0, 0.05) is 18.7 Å². The number of quaternary nitrogens is 1. The van der Waals surface area contributed by atoms with Crippen LogP contribution in [-0.2, 0) is 39.1 Å². The molecule has 1 saturated carbocycles. The molecule has 0 spiro atoms. The third-order valence-electron chi connectivity index (χ3n) is 5.27. The Hall–Kier alpha value is -2.44. The molecule has 28 heavy (non-hydrogen) atoms. The number of hydrogen-bond donors (Lipinski definition) is 1. The van der Waals surface area contributed by atoms with Crippen LogP contribution in [0, 0.1) is 11.8 Å². The van der Waals surface area contributed by atoms with Gasteiger partial charge in [-0.25, -0.2) is 23.8 Å². The standard InChI is InChI=1S/C16H18N2O9S/c19-12-5-6-13(20)17(12)9-10-1-3-11(4-2-10)16(23)27-18(28(24,25)26)14(21)7-8-15(18)22/h5-6,10-11H,1-4,7-9H2/p+1/t10-,11-. The van der Waals surface area contributed by atoms with Gasteiger partial charge in [-0.2, -0.15) is 0 Å². The fourth-order valence-electron chi connectivity index (χ4n) is 3.70. The number of imide groups is 2. The molecule has 1 saturated heterocycles. The molecule has 0 bridgehead atoms. The van der Waals surface area contributed by atoms with Crippen LogP contribution in [0.3, 0.4) is 0 Å². The summed E-state index contributed by atoms with van der Waals surface area (Å²) in [6, 6.07) is 0. The normalized spacial score (nSPS) is 27.5. The van der Waals surface area contributed by atoms with Gasteiger partial charge in [-0.05, 0) is 31.6 Å². The lowest BCUT2D eigenvalue weighted by Gasteiger charge is -2.30. The Morgan fingerprint density at radius 1 is 1.04 bits per heavy atom. The second kappa shape index (κ2) is 7.18.